The largest absolute Gasteiger partial charge is 0.507 e. The van der Waals surface area contributed by atoms with Crippen LogP contribution in [0.5, 0.6) is 0 Å². The van der Waals surface area contributed by atoms with Crippen molar-refractivity contribution in [3.63, 3.8) is 0 Å². The zero-order valence-electron chi connectivity index (χ0n) is 11.5. The van der Waals surface area contributed by atoms with Crippen molar-refractivity contribution in [3.05, 3.63) is 45.4 Å². The molecule has 2 aromatic rings. The van der Waals surface area contributed by atoms with Crippen LogP contribution >= 0.6 is 11.6 Å². The molecule has 1 aliphatic rings. The third-order valence-electron chi connectivity index (χ3n) is 3.42. The van der Waals surface area contributed by atoms with E-state index in [2.05, 4.69) is 10.1 Å². The van der Waals surface area contributed by atoms with Gasteiger partial charge in [-0.3, -0.25) is 4.98 Å². The van der Waals surface area contributed by atoms with Crippen LogP contribution in [-0.2, 0) is 17.7 Å². The molecule has 0 bridgehead atoms. The summed E-state index contributed by atoms with van der Waals surface area (Å²) < 4.78 is 7.33. The van der Waals surface area contributed by atoms with Crippen LogP contribution in [0.2, 0.25) is 5.02 Å². The Morgan fingerprint density at radius 2 is 2.32 bits per heavy atom. The molecular weight excluding hydrogens is 312 g/mol. The second kappa shape index (κ2) is 5.80. The van der Waals surface area contributed by atoms with E-state index in [1.165, 1.54) is 15.4 Å². The molecule has 0 amide bonds. The highest BCUT2D eigenvalue weighted by Gasteiger charge is 2.28. The molecule has 0 spiro atoms. The normalized spacial score (nSPS) is 17.0. The first-order chi connectivity index (χ1) is 10.5. The van der Waals surface area contributed by atoms with Gasteiger partial charge in [-0.2, -0.15) is 5.10 Å². The van der Waals surface area contributed by atoms with E-state index >= 15 is 0 Å². The average molecular weight is 325 g/mol. The molecular formula is C13H13ClN4O4. The van der Waals surface area contributed by atoms with Crippen LogP contribution in [0, 0.1) is 0 Å². The fourth-order valence-electron chi connectivity index (χ4n) is 2.47. The highest BCUT2D eigenvalue weighted by molar-refractivity contribution is 6.30. The third-order valence-corrected chi connectivity index (χ3v) is 3.64. The first-order valence-corrected chi connectivity index (χ1v) is 7.10. The van der Waals surface area contributed by atoms with Crippen molar-refractivity contribution in [2.75, 3.05) is 0 Å². The van der Waals surface area contributed by atoms with Gasteiger partial charge in [0.15, 0.2) is 6.23 Å². The predicted octanol–water partition coefficient (Wildman–Crippen LogP) is 1.67. The highest BCUT2D eigenvalue weighted by atomic mass is 35.5. The van der Waals surface area contributed by atoms with Crippen molar-refractivity contribution in [1.29, 1.82) is 0 Å². The molecule has 1 atom stereocenters. The Hall–Kier alpha value is -2.35. The van der Waals surface area contributed by atoms with Crippen LogP contribution < -0.4 is 5.69 Å². The van der Waals surface area contributed by atoms with E-state index in [1.807, 2.05) is 0 Å². The van der Waals surface area contributed by atoms with Gasteiger partial charge in [-0.1, -0.05) is 11.6 Å². The SMILES string of the molecule is O=C(O)O[C@H]1CCCc2nn(Cc3ccc(Cl)cn3)c(=O)n21. The Labute approximate surface area is 129 Å². The minimum atomic E-state index is -1.41. The maximum absolute atomic E-state index is 12.4. The highest BCUT2D eigenvalue weighted by Crippen LogP contribution is 2.23. The topological polar surface area (TPSA) is 99.2 Å². The van der Waals surface area contributed by atoms with Gasteiger partial charge < -0.3 is 9.84 Å². The van der Waals surface area contributed by atoms with E-state index < -0.39 is 18.1 Å². The molecule has 0 radical (unpaired) electrons. The standard InChI is InChI=1S/C13H13ClN4O4/c14-8-4-5-9(15-6-8)7-17-12(19)18-10(16-17)2-1-3-11(18)22-13(20)21/h4-6,11H,1-3,7H2,(H,20,21)/t11-/m0/s1. The molecule has 0 aliphatic carbocycles. The van der Waals surface area contributed by atoms with E-state index in [0.717, 1.165) is 0 Å². The van der Waals surface area contributed by atoms with E-state index in [-0.39, 0.29) is 6.54 Å². The number of rotatable bonds is 3. The van der Waals surface area contributed by atoms with E-state index in [0.29, 0.717) is 35.8 Å². The molecule has 8 nitrogen and oxygen atoms in total. The number of carbonyl (C=O) groups is 1. The number of halogens is 1. The Bertz CT molecular complexity index is 752. The fourth-order valence-corrected chi connectivity index (χ4v) is 2.58. The number of ether oxygens (including phenoxy) is 1. The van der Waals surface area contributed by atoms with Crippen molar-refractivity contribution in [2.45, 2.75) is 32.0 Å². The first kappa shape index (κ1) is 14.6. The number of aryl methyl sites for hydroxylation is 1. The molecule has 9 heteroatoms. The molecule has 1 aliphatic heterocycles. The van der Waals surface area contributed by atoms with Gasteiger partial charge >= 0.3 is 11.8 Å². The van der Waals surface area contributed by atoms with Gasteiger partial charge in [0.05, 0.1) is 17.3 Å². The zero-order chi connectivity index (χ0) is 15.7. The molecule has 0 aromatic carbocycles. The average Bonchev–Trinajstić information content (AvgIpc) is 2.78. The Kier molecular flexibility index (Phi) is 3.84. The summed E-state index contributed by atoms with van der Waals surface area (Å²) in [6, 6.07) is 3.39. The van der Waals surface area contributed by atoms with Gasteiger partial charge in [-0.25, -0.2) is 18.8 Å². The minimum Gasteiger partial charge on any atom is -0.450 e. The summed E-state index contributed by atoms with van der Waals surface area (Å²) in [5, 5.41) is 13.5. The van der Waals surface area contributed by atoms with Crippen LogP contribution in [0.3, 0.4) is 0 Å². The number of pyridine rings is 1. The van der Waals surface area contributed by atoms with Crippen LogP contribution in [0.25, 0.3) is 0 Å². The number of aromatic nitrogens is 4. The molecule has 3 heterocycles. The van der Waals surface area contributed by atoms with Crippen molar-refractivity contribution in [2.24, 2.45) is 0 Å². The lowest BCUT2D eigenvalue weighted by Gasteiger charge is -2.21. The van der Waals surface area contributed by atoms with Gasteiger partial charge in [0.25, 0.3) is 0 Å². The van der Waals surface area contributed by atoms with Crippen LogP contribution in [0.15, 0.2) is 23.1 Å². The van der Waals surface area contributed by atoms with Crippen LogP contribution in [0.1, 0.15) is 30.6 Å². The quantitative estimate of drug-likeness (QED) is 0.862. The smallest absolute Gasteiger partial charge is 0.450 e. The monoisotopic (exact) mass is 324 g/mol. The summed E-state index contributed by atoms with van der Waals surface area (Å²) in [7, 11) is 0. The van der Waals surface area contributed by atoms with Crippen molar-refractivity contribution in [1.82, 2.24) is 19.3 Å². The summed E-state index contributed by atoms with van der Waals surface area (Å²) in [5.41, 5.74) is 0.232. The summed E-state index contributed by atoms with van der Waals surface area (Å²) in [5.74, 6) is 0.525. The lowest BCUT2D eigenvalue weighted by molar-refractivity contribution is 0.00392. The van der Waals surface area contributed by atoms with E-state index in [1.54, 1.807) is 12.1 Å². The maximum atomic E-state index is 12.4. The zero-order valence-corrected chi connectivity index (χ0v) is 12.2. The molecule has 22 heavy (non-hydrogen) atoms. The molecule has 2 aromatic heterocycles. The number of nitrogens with zero attached hydrogens (tertiary/aromatic N) is 4. The fraction of sp³-hybridized carbons (Fsp3) is 0.385. The van der Waals surface area contributed by atoms with Crippen molar-refractivity contribution >= 4 is 17.8 Å². The lowest BCUT2D eigenvalue weighted by Crippen LogP contribution is -2.33. The molecule has 3 rings (SSSR count). The molecule has 0 fully saturated rings. The summed E-state index contributed by atoms with van der Waals surface area (Å²) in [6.45, 7) is 0.190. The van der Waals surface area contributed by atoms with Gasteiger partial charge in [0, 0.05) is 19.0 Å². The predicted molar refractivity (Wildman–Crippen MR) is 75.9 cm³/mol. The van der Waals surface area contributed by atoms with Gasteiger partial charge in [-0.05, 0) is 18.6 Å². The first-order valence-electron chi connectivity index (χ1n) is 6.73. The van der Waals surface area contributed by atoms with Crippen molar-refractivity contribution in [3.8, 4) is 0 Å². The van der Waals surface area contributed by atoms with Gasteiger partial charge in [-0.15, -0.1) is 0 Å². The Morgan fingerprint density at radius 1 is 1.50 bits per heavy atom. The van der Waals surface area contributed by atoms with E-state index in [9.17, 15) is 9.59 Å². The number of hydrogen-bond acceptors (Lipinski definition) is 5. The summed E-state index contributed by atoms with van der Waals surface area (Å²) in [4.78, 5) is 27.3. The second-order valence-electron chi connectivity index (χ2n) is 4.92. The molecule has 0 saturated heterocycles. The maximum Gasteiger partial charge on any atom is 0.507 e. The second-order valence-corrected chi connectivity index (χ2v) is 5.36. The molecule has 116 valence electrons. The molecule has 1 N–H and O–H groups in total. The third kappa shape index (κ3) is 2.82. The molecule has 0 unspecified atom stereocenters. The Morgan fingerprint density at radius 3 is 3.00 bits per heavy atom. The van der Waals surface area contributed by atoms with Crippen LogP contribution in [-0.4, -0.2) is 30.6 Å². The van der Waals surface area contributed by atoms with Gasteiger partial charge in [0.1, 0.15) is 5.82 Å². The van der Waals surface area contributed by atoms with Crippen LogP contribution in [0.4, 0.5) is 4.79 Å². The number of hydrogen-bond donors (Lipinski definition) is 1. The van der Waals surface area contributed by atoms with Crippen molar-refractivity contribution < 1.29 is 14.6 Å². The number of fused-ring (bicyclic) bond motifs is 1. The molecule has 0 saturated carbocycles. The van der Waals surface area contributed by atoms with Gasteiger partial charge in [0.2, 0.25) is 0 Å². The summed E-state index contributed by atoms with van der Waals surface area (Å²) in [6.07, 6.45) is 1.05. The lowest BCUT2D eigenvalue weighted by atomic mass is 10.1. The number of carboxylic acid groups (broad SMARTS) is 1. The Balaban J connectivity index is 1.91. The minimum absolute atomic E-state index is 0.190. The van der Waals surface area contributed by atoms with E-state index in [4.69, 9.17) is 21.4 Å². The summed E-state index contributed by atoms with van der Waals surface area (Å²) >= 11 is 5.77.